The van der Waals surface area contributed by atoms with Crippen LogP contribution in [0.15, 0.2) is 11.3 Å². The Labute approximate surface area is 146 Å². The third kappa shape index (κ3) is 3.16. The summed E-state index contributed by atoms with van der Waals surface area (Å²) in [5, 5.41) is 24.3. The van der Waals surface area contributed by atoms with E-state index in [1.165, 1.54) is 6.33 Å². The quantitative estimate of drug-likeness (QED) is 0.406. The number of fused-ring (bicyclic) bond motifs is 1. The Morgan fingerprint density at radius 1 is 1.52 bits per heavy atom. The van der Waals surface area contributed by atoms with Gasteiger partial charge in [-0.2, -0.15) is 5.10 Å². The number of aliphatic imine (C=N–C) groups is 1. The first-order chi connectivity index (χ1) is 11.0. The lowest BCUT2D eigenvalue weighted by molar-refractivity contribution is -0.0471. The first kappa shape index (κ1) is 16.5. The van der Waals surface area contributed by atoms with E-state index in [4.69, 9.17) is 4.74 Å². The van der Waals surface area contributed by atoms with Gasteiger partial charge in [0.15, 0.2) is 17.7 Å². The number of rotatable bonds is 4. The molecule has 0 aliphatic carbocycles. The average Bonchev–Trinajstić information content (AvgIpc) is 3.06. The summed E-state index contributed by atoms with van der Waals surface area (Å²) in [6.07, 6.45) is 1.62. The summed E-state index contributed by atoms with van der Waals surface area (Å²) in [5.41, 5.74) is 0.589. The Bertz CT molecular complexity index is 734. The highest BCUT2D eigenvalue weighted by Gasteiger charge is 2.36. The standard InChI is InChI=1S/C13H17IN6O3/c1-19(2)6-17-12-10-11(14)18-20(13(10)16-5-15-12)9-3-7(22)8(4-21)23-9/h5-9,21-22H,3-4H2,1-2H3/b17-6+/t7-,8+,9+/m0/s1. The molecule has 0 aromatic carbocycles. The van der Waals surface area contributed by atoms with E-state index in [0.717, 1.165) is 5.39 Å². The van der Waals surface area contributed by atoms with Crippen LogP contribution in [-0.2, 0) is 4.74 Å². The smallest absolute Gasteiger partial charge is 0.169 e. The zero-order valence-electron chi connectivity index (χ0n) is 12.7. The molecule has 0 amide bonds. The van der Waals surface area contributed by atoms with E-state index in [2.05, 4.69) is 42.6 Å². The van der Waals surface area contributed by atoms with Gasteiger partial charge in [0.05, 0.1) is 24.4 Å². The molecule has 3 rings (SSSR count). The molecule has 0 unspecified atom stereocenters. The Kier molecular flexibility index (Phi) is 4.75. The third-order valence-electron chi connectivity index (χ3n) is 3.49. The lowest BCUT2D eigenvalue weighted by Gasteiger charge is -2.12. The van der Waals surface area contributed by atoms with Crippen LogP contribution in [0, 0.1) is 3.70 Å². The van der Waals surface area contributed by atoms with Gasteiger partial charge in [0, 0.05) is 20.5 Å². The van der Waals surface area contributed by atoms with Crippen molar-refractivity contribution >= 4 is 45.8 Å². The number of hydrogen-bond donors (Lipinski definition) is 2. The summed E-state index contributed by atoms with van der Waals surface area (Å²) in [7, 11) is 3.75. The van der Waals surface area contributed by atoms with Crippen molar-refractivity contribution in [3.05, 3.63) is 10.0 Å². The third-order valence-corrected chi connectivity index (χ3v) is 4.25. The van der Waals surface area contributed by atoms with Crippen molar-refractivity contribution in [1.29, 1.82) is 0 Å². The molecule has 1 aliphatic heterocycles. The molecule has 124 valence electrons. The molecule has 9 nitrogen and oxygen atoms in total. The minimum atomic E-state index is -0.727. The highest BCUT2D eigenvalue weighted by molar-refractivity contribution is 14.1. The molecule has 2 aromatic rings. The van der Waals surface area contributed by atoms with Crippen molar-refractivity contribution < 1.29 is 14.9 Å². The first-order valence-corrected chi connectivity index (χ1v) is 8.13. The normalized spacial score (nSPS) is 24.8. The Morgan fingerprint density at radius 3 is 2.96 bits per heavy atom. The lowest BCUT2D eigenvalue weighted by Crippen LogP contribution is -2.24. The monoisotopic (exact) mass is 432 g/mol. The number of aromatic nitrogens is 4. The molecule has 2 N–H and O–H groups in total. The molecule has 2 aromatic heterocycles. The van der Waals surface area contributed by atoms with Gasteiger partial charge in [-0.1, -0.05) is 0 Å². The number of hydrogen-bond acceptors (Lipinski definition) is 7. The maximum Gasteiger partial charge on any atom is 0.169 e. The molecule has 1 aliphatic rings. The molecule has 1 fully saturated rings. The fourth-order valence-corrected chi connectivity index (χ4v) is 3.13. The SMILES string of the molecule is CN(C)/C=N/c1ncnc2c1c(I)nn2[C@H]1C[C@H](O)[C@@H](CO)O1. The van der Waals surface area contributed by atoms with E-state index < -0.39 is 18.4 Å². The molecule has 23 heavy (non-hydrogen) atoms. The van der Waals surface area contributed by atoms with Gasteiger partial charge in [-0.05, 0) is 22.6 Å². The van der Waals surface area contributed by atoms with Crippen molar-refractivity contribution in [2.24, 2.45) is 4.99 Å². The van der Waals surface area contributed by atoms with Gasteiger partial charge in [0.2, 0.25) is 0 Å². The van der Waals surface area contributed by atoms with E-state index in [0.29, 0.717) is 21.6 Å². The minimum Gasteiger partial charge on any atom is -0.394 e. The Morgan fingerprint density at radius 2 is 2.30 bits per heavy atom. The van der Waals surface area contributed by atoms with E-state index in [1.54, 1.807) is 11.0 Å². The van der Waals surface area contributed by atoms with Crippen molar-refractivity contribution in [3.8, 4) is 0 Å². The summed E-state index contributed by atoms with van der Waals surface area (Å²) in [5.74, 6) is 0.525. The molecule has 3 heterocycles. The second-order valence-corrected chi connectivity index (χ2v) is 6.48. The fraction of sp³-hybridized carbons (Fsp3) is 0.538. The van der Waals surface area contributed by atoms with Crippen LogP contribution < -0.4 is 0 Å². The van der Waals surface area contributed by atoms with E-state index in [-0.39, 0.29) is 6.61 Å². The van der Waals surface area contributed by atoms with Crippen molar-refractivity contribution in [2.45, 2.75) is 24.9 Å². The fourth-order valence-electron chi connectivity index (χ4n) is 2.41. The lowest BCUT2D eigenvalue weighted by atomic mass is 10.2. The van der Waals surface area contributed by atoms with Gasteiger partial charge in [0.25, 0.3) is 0 Å². The van der Waals surface area contributed by atoms with Gasteiger partial charge < -0.3 is 19.8 Å². The summed E-state index contributed by atoms with van der Waals surface area (Å²) >= 11 is 2.10. The highest BCUT2D eigenvalue weighted by atomic mass is 127. The summed E-state index contributed by atoms with van der Waals surface area (Å²) in [4.78, 5) is 14.6. The molecule has 10 heteroatoms. The largest absolute Gasteiger partial charge is 0.394 e. The van der Waals surface area contributed by atoms with E-state index >= 15 is 0 Å². The van der Waals surface area contributed by atoms with E-state index in [9.17, 15) is 10.2 Å². The van der Waals surface area contributed by atoms with Crippen LogP contribution in [0.25, 0.3) is 11.0 Å². The molecular weight excluding hydrogens is 415 g/mol. The number of aliphatic hydroxyl groups excluding tert-OH is 2. The van der Waals surface area contributed by atoms with Crippen LogP contribution in [0.5, 0.6) is 0 Å². The number of aliphatic hydroxyl groups is 2. The topological polar surface area (TPSA) is 109 Å². The van der Waals surface area contributed by atoms with Gasteiger partial charge in [-0.15, -0.1) is 0 Å². The molecule has 1 saturated heterocycles. The van der Waals surface area contributed by atoms with Crippen molar-refractivity contribution in [2.75, 3.05) is 20.7 Å². The van der Waals surface area contributed by atoms with Crippen molar-refractivity contribution in [1.82, 2.24) is 24.6 Å². The molecule has 0 spiro atoms. The predicted molar refractivity (Wildman–Crippen MR) is 91.5 cm³/mol. The molecule has 0 radical (unpaired) electrons. The first-order valence-electron chi connectivity index (χ1n) is 7.05. The van der Waals surface area contributed by atoms with Gasteiger partial charge in [0.1, 0.15) is 16.1 Å². The summed E-state index contributed by atoms with van der Waals surface area (Å²) < 4.78 is 7.98. The van der Waals surface area contributed by atoms with Crippen LogP contribution in [0.4, 0.5) is 5.82 Å². The van der Waals surface area contributed by atoms with Gasteiger partial charge in [-0.3, -0.25) is 0 Å². The van der Waals surface area contributed by atoms with Crippen LogP contribution in [-0.4, -0.2) is 74.1 Å². The highest BCUT2D eigenvalue weighted by Crippen LogP contribution is 2.33. The Balaban J connectivity index is 2.02. The van der Waals surface area contributed by atoms with Gasteiger partial charge in [-0.25, -0.2) is 19.6 Å². The maximum absolute atomic E-state index is 9.91. The predicted octanol–water partition coefficient (Wildman–Crippen LogP) is 0.293. The van der Waals surface area contributed by atoms with Gasteiger partial charge >= 0.3 is 0 Å². The number of halogens is 1. The number of nitrogens with zero attached hydrogens (tertiary/aromatic N) is 6. The molecule has 0 saturated carbocycles. The maximum atomic E-state index is 9.91. The second kappa shape index (κ2) is 6.63. The minimum absolute atomic E-state index is 0.235. The van der Waals surface area contributed by atoms with Crippen LogP contribution in [0.2, 0.25) is 0 Å². The number of ether oxygens (including phenoxy) is 1. The second-order valence-electron chi connectivity index (χ2n) is 5.45. The molecule has 0 bridgehead atoms. The van der Waals surface area contributed by atoms with Crippen LogP contribution in [0.1, 0.15) is 12.6 Å². The Hall–Kier alpha value is -1.37. The molecule has 3 atom stereocenters. The zero-order chi connectivity index (χ0) is 16.6. The van der Waals surface area contributed by atoms with Crippen molar-refractivity contribution in [3.63, 3.8) is 0 Å². The van der Waals surface area contributed by atoms with E-state index in [1.807, 2.05) is 19.0 Å². The average molecular weight is 432 g/mol. The summed E-state index contributed by atoms with van der Waals surface area (Å²) in [6.45, 7) is -0.235. The summed E-state index contributed by atoms with van der Waals surface area (Å²) in [6, 6.07) is 0. The zero-order valence-corrected chi connectivity index (χ0v) is 14.8. The molecular formula is C13H17IN6O3. The van der Waals surface area contributed by atoms with Crippen LogP contribution >= 0.6 is 22.6 Å². The van der Waals surface area contributed by atoms with Crippen LogP contribution in [0.3, 0.4) is 0 Å².